The molecule has 1 aliphatic heterocycles. The van der Waals surface area contributed by atoms with Gasteiger partial charge in [0, 0.05) is 18.8 Å². The molecule has 2 aliphatic rings. The Balaban J connectivity index is 1.78. The van der Waals surface area contributed by atoms with E-state index in [2.05, 4.69) is 25.2 Å². The highest BCUT2D eigenvalue weighted by Crippen LogP contribution is 2.48. The van der Waals surface area contributed by atoms with E-state index in [4.69, 9.17) is 0 Å². The van der Waals surface area contributed by atoms with Crippen LogP contribution in [-0.4, -0.2) is 24.9 Å². The van der Waals surface area contributed by atoms with Crippen molar-refractivity contribution in [1.29, 1.82) is 0 Å². The van der Waals surface area contributed by atoms with Crippen LogP contribution in [0.1, 0.15) is 38.7 Å². The second-order valence-electron chi connectivity index (χ2n) is 6.88. The molecule has 0 unspecified atom stereocenters. The van der Waals surface area contributed by atoms with Crippen molar-refractivity contribution in [2.45, 2.75) is 39.5 Å². The zero-order valence-electron chi connectivity index (χ0n) is 13.4. The highest BCUT2D eigenvalue weighted by molar-refractivity contribution is 6.14. The first-order chi connectivity index (χ1) is 10.5. The highest BCUT2D eigenvalue weighted by Gasteiger charge is 2.58. The molecule has 1 aromatic rings. The summed E-state index contributed by atoms with van der Waals surface area (Å²) >= 11 is 0. The summed E-state index contributed by atoms with van der Waals surface area (Å²) in [7, 11) is 0. The van der Waals surface area contributed by atoms with Gasteiger partial charge >= 0.3 is 0 Å². The van der Waals surface area contributed by atoms with Crippen molar-refractivity contribution in [3.05, 3.63) is 29.8 Å². The van der Waals surface area contributed by atoms with Gasteiger partial charge < -0.3 is 10.2 Å². The third-order valence-electron chi connectivity index (χ3n) is 4.62. The SMILES string of the molecule is CC(C)CNC(=O)C1(C(=O)N2CCCc3ccccc32)CC1. The number of anilines is 1. The number of hydrogen-bond donors (Lipinski definition) is 1. The fraction of sp³-hybridized carbons (Fsp3) is 0.556. The monoisotopic (exact) mass is 300 g/mol. The molecule has 2 amide bonds. The van der Waals surface area contributed by atoms with Crippen LogP contribution < -0.4 is 10.2 Å². The van der Waals surface area contributed by atoms with Crippen LogP contribution in [0, 0.1) is 11.3 Å². The maximum atomic E-state index is 13.0. The maximum absolute atomic E-state index is 13.0. The number of amides is 2. The number of fused-ring (bicyclic) bond motifs is 1. The fourth-order valence-electron chi connectivity index (χ4n) is 3.13. The van der Waals surface area contributed by atoms with Gasteiger partial charge in [0.05, 0.1) is 0 Å². The molecule has 3 rings (SSSR count). The molecule has 0 aromatic heterocycles. The standard InChI is InChI=1S/C18H24N2O2/c1-13(2)12-19-16(21)18(9-10-18)17(22)20-11-5-7-14-6-3-4-8-15(14)20/h3-4,6,8,13H,5,7,9-12H2,1-2H3,(H,19,21). The van der Waals surface area contributed by atoms with Gasteiger partial charge in [-0.25, -0.2) is 0 Å². The lowest BCUT2D eigenvalue weighted by Gasteiger charge is -2.32. The van der Waals surface area contributed by atoms with Gasteiger partial charge in [0.2, 0.25) is 11.8 Å². The number of nitrogens with zero attached hydrogens (tertiary/aromatic N) is 1. The minimum atomic E-state index is -0.806. The summed E-state index contributed by atoms with van der Waals surface area (Å²) in [6.07, 6.45) is 3.32. The largest absolute Gasteiger partial charge is 0.355 e. The Hall–Kier alpha value is -1.84. The smallest absolute Gasteiger partial charge is 0.242 e. The summed E-state index contributed by atoms with van der Waals surface area (Å²) in [4.78, 5) is 27.3. The predicted molar refractivity (Wildman–Crippen MR) is 86.6 cm³/mol. The molecule has 0 spiro atoms. The number of hydrogen-bond acceptors (Lipinski definition) is 2. The van der Waals surface area contributed by atoms with E-state index < -0.39 is 5.41 Å². The van der Waals surface area contributed by atoms with Crippen molar-refractivity contribution < 1.29 is 9.59 Å². The molecule has 118 valence electrons. The molecule has 1 heterocycles. The maximum Gasteiger partial charge on any atom is 0.242 e. The van der Waals surface area contributed by atoms with Gasteiger partial charge in [-0.1, -0.05) is 32.0 Å². The van der Waals surface area contributed by atoms with Gasteiger partial charge in [-0.3, -0.25) is 9.59 Å². The minimum Gasteiger partial charge on any atom is -0.355 e. The lowest BCUT2D eigenvalue weighted by Crippen LogP contribution is -2.47. The Morgan fingerprint density at radius 2 is 2.00 bits per heavy atom. The Labute approximate surface area is 131 Å². The van der Waals surface area contributed by atoms with E-state index in [0.717, 1.165) is 25.1 Å². The van der Waals surface area contributed by atoms with Gasteiger partial charge in [-0.05, 0) is 43.2 Å². The summed E-state index contributed by atoms with van der Waals surface area (Å²) in [6.45, 7) is 5.46. The quantitative estimate of drug-likeness (QED) is 0.869. The zero-order chi connectivity index (χ0) is 15.7. The second-order valence-corrected chi connectivity index (χ2v) is 6.88. The lowest BCUT2D eigenvalue weighted by molar-refractivity contribution is -0.135. The van der Waals surface area contributed by atoms with Gasteiger partial charge in [-0.15, -0.1) is 0 Å². The van der Waals surface area contributed by atoms with Crippen LogP contribution in [0.25, 0.3) is 0 Å². The van der Waals surface area contributed by atoms with Crippen LogP contribution in [0.2, 0.25) is 0 Å². The van der Waals surface area contributed by atoms with Gasteiger partial charge in [0.25, 0.3) is 0 Å². The minimum absolute atomic E-state index is 0.0130. The first-order valence-corrected chi connectivity index (χ1v) is 8.23. The number of para-hydroxylation sites is 1. The molecule has 0 saturated heterocycles. The normalized spacial score (nSPS) is 18.8. The van der Waals surface area contributed by atoms with Gasteiger partial charge in [0.1, 0.15) is 5.41 Å². The number of benzene rings is 1. The van der Waals surface area contributed by atoms with Gasteiger partial charge in [0.15, 0.2) is 0 Å². The van der Waals surface area contributed by atoms with Crippen LogP contribution in [0.4, 0.5) is 5.69 Å². The van der Waals surface area contributed by atoms with E-state index in [1.165, 1.54) is 5.56 Å². The third kappa shape index (κ3) is 2.62. The topological polar surface area (TPSA) is 49.4 Å². The Morgan fingerprint density at radius 1 is 1.27 bits per heavy atom. The summed E-state index contributed by atoms with van der Waals surface area (Å²) in [5, 5.41) is 2.94. The Kier molecular flexibility index (Phi) is 3.94. The van der Waals surface area contributed by atoms with Crippen molar-refractivity contribution in [2.24, 2.45) is 11.3 Å². The first-order valence-electron chi connectivity index (χ1n) is 8.23. The highest BCUT2D eigenvalue weighted by atomic mass is 16.2. The predicted octanol–water partition coefficient (Wildman–Crippen LogP) is 2.52. The molecular formula is C18H24N2O2. The fourth-order valence-corrected chi connectivity index (χ4v) is 3.13. The van der Waals surface area contributed by atoms with E-state index >= 15 is 0 Å². The van der Waals surface area contributed by atoms with Gasteiger partial charge in [-0.2, -0.15) is 0 Å². The van der Waals surface area contributed by atoms with Crippen molar-refractivity contribution in [3.63, 3.8) is 0 Å². The molecule has 1 aromatic carbocycles. The summed E-state index contributed by atoms with van der Waals surface area (Å²) in [6, 6.07) is 8.04. The summed E-state index contributed by atoms with van der Waals surface area (Å²) < 4.78 is 0. The molecule has 1 aliphatic carbocycles. The van der Waals surface area contributed by atoms with Crippen LogP contribution in [0.5, 0.6) is 0 Å². The first kappa shape index (κ1) is 15.1. The number of carbonyl (C=O) groups is 2. The van der Waals surface area contributed by atoms with Crippen molar-refractivity contribution in [1.82, 2.24) is 5.32 Å². The molecule has 4 heteroatoms. The van der Waals surface area contributed by atoms with E-state index in [1.54, 1.807) is 0 Å². The molecule has 1 fully saturated rings. The van der Waals surface area contributed by atoms with Crippen molar-refractivity contribution in [2.75, 3.05) is 18.0 Å². The molecule has 1 saturated carbocycles. The number of nitrogens with one attached hydrogen (secondary N) is 1. The van der Waals surface area contributed by atoms with Crippen molar-refractivity contribution >= 4 is 17.5 Å². The van der Waals surface area contributed by atoms with E-state index in [1.807, 2.05) is 23.1 Å². The Morgan fingerprint density at radius 3 is 2.68 bits per heavy atom. The molecule has 22 heavy (non-hydrogen) atoms. The average molecular weight is 300 g/mol. The molecular weight excluding hydrogens is 276 g/mol. The van der Waals surface area contributed by atoms with Crippen LogP contribution in [0.3, 0.4) is 0 Å². The number of rotatable bonds is 4. The van der Waals surface area contributed by atoms with E-state index in [9.17, 15) is 9.59 Å². The molecule has 1 N–H and O–H groups in total. The second kappa shape index (κ2) is 5.75. The third-order valence-corrected chi connectivity index (χ3v) is 4.62. The average Bonchev–Trinajstić information content (AvgIpc) is 3.33. The molecule has 4 nitrogen and oxygen atoms in total. The molecule has 0 radical (unpaired) electrons. The van der Waals surface area contributed by atoms with Crippen LogP contribution in [0.15, 0.2) is 24.3 Å². The Bertz CT molecular complexity index is 591. The van der Waals surface area contributed by atoms with Crippen LogP contribution >= 0.6 is 0 Å². The van der Waals surface area contributed by atoms with Crippen LogP contribution in [-0.2, 0) is 16.0 Å². The summed E-state index contributed by atoms with van der Waals surface area (Å²) in [5.41, 5.74) is 1.39. The zero-order valence-corrected chi connectivity index (χ0v) is 13.4. The lowest BCUT2D eigenvalue weighted by atomic mass is 9.97. The molecule has 0 atom stereocenters. The molecule has 0 bridgehead atoms. The van der Waals surface area contributed by atoms with E-state index in [-0.39, 0.29) is 11.8 Å². The number of carbonyl (C=O) groups excluding carboxylic acids is 2. The number of aryl methyl sites for hydroxylation is 1. The summed E-state index contributed by atoms with van der Waals surface area (Å²) in [5.74, 6) is 0.292. The van der Waals surface area contributed by atoms with Crippen molar-refractivity contribution in [3.8, 4) is 0 Å². The van der Waals surface area contributed by atoms with E-state index in [0.29, 0.717) is 25.3 Å².